The van der Waals surface area contributed by atoms with Crippen LogP contribution >= 0.6 is 0 Å². The van der Waals surface area contributed by atoms with E-state index in [1.54, 1.807) is 0 Å². The van der Waals surface area contributed by atoms with Crippen molar-refractivity contribution in [2.75, 3.05) is 6.61 Å². The molecule has 106 valence electrons. The minimum Gasteiger partial charge on any atom is -0.378 e. The van der Waals surface area contributed by atoms with Crippen molar-refractivity contribution in [1.29, 1.82) is 0 Å². The van der Waals surface area contributed by atoms with Crippen molar-refractivity contribution in [3.05, 3.63) is 35.1 Å². The van der Waals surface area contributed by atoms with Gasteiger partial charge in [0.25, 0.3) is 0 Å². The molecule has 1 aliphatic rings. The molecule has 1 aromatic carbocycles. The van der Waals surface area contributed by atoms with Crippen LogP contribution in [0.1, 0.15) is 37.8 Å². The molecule has 1 atom stereocenters. The van der Waals surface area contributed by atoms with Gasteiger partial charge in [0.15, 0.2) is 11.6 Å². The van der Waals surface area contributed by atoms with E-state index in [0.717, 1.165) is 18.9 Å². The van der Waals surface area contributed by atoms with E-state index in [1.807, 2.05) is 6.92 Å². The lowest BCUT2D eigenvalue weighted by Crippen LogP contribution is -2.33. The van der Waals surface area contributed by atoms with Crippen molar-refractivity contribution in [2.24, 2.45) is 11.7 Å². The zero-order valence-electron chi connectivity index (χ0n) is 10.8. The van der Waals surface area contributed by atoms with Crippen molar-refractivity contribution in [2.45, 2.75) is 38.3 Å². The summed E-state index contributed by atoms with van der Waals surface area (Å²) < 4.78 is 44.9. The highest BCUT2D eigenvalue weighted by Crippen LogP contribution is 2.36. The van der Waals surface area contributed by atoms with Gasteiger partial charge in [-0.1, -0.05) is 0 Å². The van der Waals surface area contributed by atoms with Gasteiger partial charge in [-0.3, -0.25) is 0 Å². The Balaban J connectivity index is 1.94. The number of ether oxygens (including phenoxy) is 1. The molecule has 1 unspecified atom stereocenters. The Bertz CT molecular complexity index is 447. The van der Waals surface area contributed by atoms with Crippen LogP contribution < -0.4 is 5.73 Å². The van der Waals surface area contributed by atoms with Crippen LogP contribution in [-0.2, 0) is 4.74 Å². The minimum atomic E-state index is -1.19. The van der Waals surface area contributed by atoms with Gasteiger partial charge in [-0.2, -0.15) is 0 Å². The standard InChI is InChI=1S/C14H18F3NO/c1-2-19-9-3-8(4-9)5-14(18)10-6-12(16)13(17)7-11(10)15/h6-9,14H,2-5,18H2,1H3. The van der Waals surface area contributed by atoms with E-state index in [1.165, 1.54) is 0 Å². The molecule has 2 rings (SSSR count). The number of halogens is 3. The normalized spacial score (nSPS) is 24.1. The summed E-state index contributed by atoms with van der Waals surface area (Å²) in [5, 5.41) is 0. The molecular weight excluding hydrogens is 255 g/mol. The third kappa shape index (κ3) is 3.28. The Morgan fingerprint density at radius 1 is 1.21 bits per heavy atom. The van der Waals surface area contributed by atoms with Gasteiger partial charge in [-0.05, 0) is 38.2 Å². The summed E-state index contributed by atoms with van der Waals surface area (Å²) in [6.07, 6.45) is 2.61. The van der Waals surface area contributed by atoms with E-state index in [2.05, 4.69) is 0 Å². The Morgan fingerprint density at radius 2 is 1.84 bits per heavy atom. The summed E-state index contributed by atoms with van der Waals surface area (Å²) in [5.41, 5.74) is 5.92. The molecule has 2 nitrogen and oxygen atoms in total. The van der Waals surface area contributed by atoms with E-state index in [9.17, 15) is 13.2 Å². The van der Waals surface area contributed by atoms with Crippen molar-refractivity contribution >= 4 is 0 Å². The molecule has 0 aliphatic heterocycles. The molecule has 0 heterocycles. The maximum atomic E-state index is 13.5. The molecule has 0 bridgehead atoms. The summed E-state index contributed by atoms with van der Waals surface area (Å²) in [6, 6.07) is 0.796. The second-order valence-electron chi connectivity index (χ2n) is 5.04. The third-order valence-electron chi connectivity index (χ3n) is 3.62. The van der Waals surface area contributed by atoms with E-state index < -0.39 is 23.5 Å². The molecule has 1 aliphatic carbocycles. The molecule has 0 radical (unpaired) electrons. The number of hydrogen-bond donors (Lipinski definition) is 1. The van der Waals surface area contributed by atoms with E-state index in [0.29, 0.717) is 25.0 Å². The van der Waals surface area contributed by atoms with Crippen LogP contribution in [0.3, 0.4) is 0 Å². The SMILES string of the molecule is CCOC1CC(CC(N)c2cc(F)c(F)cc2F)C1. The van der Waals surface area contributed by atoms with Crippen LogP contribution in [0.15, 0.2) is 12.1 Å². The van der Waals surface area contributed by atoms with Gasteiger partial charge >= 0.3 is 0 Å². The second-order valence-corrected chi connectivity index (χ2v) is 5.04. The monoisotopic (exact) mass is 273 g/mol. The van der Waals surface area contributed by atoms with Crippen molar-refractivity contribution in [3.8, 4) is 0 Å². The predicted octanol–water partition coefficient (Wildman–Crippen LogP) is 3.31. The lowest BCUT2D eigenvalue weighted by molar-refractivity contribution is -0.0282. The molecular formula is C14H18F3NO. The fourth-order valence-electron chi connectivity index (χ4n) is 2.55. The molecule has 0 saturated heterocycles. The molecule has 0 amide bonds. The molecule has 0 aromatic heterocycles. The van der Waals surface area contributed by atoms with E-state index in [4.69, 9.17) is 10.5 Å². The van der Waals surface area contributed by atoms with Crippen LogP contribution in [0.25, 0.3) is 0 Å². The molecule has 0 spiro atoms. The molecule has 1 saturated carbocycles. The first kappa shape index (κ1) is 14.3. The Kier molecular flexibility index (Phi) is 4.47. The second kappa shape index (κ2) is 5.92. The van der Waals surface area contributed by atoms with Gasteiger partial charge in [0.2, 0.25) is 0 Å². The largest absolute Gasteiger partial charge is 0.378 e. The lowest BCUT2D eigenvalue weighted by Gasteiger charge is -2.36. The Morgan fingerprint density at radius 3 is 2.47 bits per heavy atom. The van der Waals surface area contributed by atoms with Gasteiger partial charge in [0, 0.05) is 24.3 Å². The highest BCUT2D eigenvalue weighted by molar-refractivity contribution is 5.23. The first-order valence-electron chi connectivity index (χ1n) is 6.52. The molecule has 2 N–H and O–H groups in total. The quantitative estimate of drug-likeness (QED) is 0.835. The summed E-state index contributed by atoms with van der Waals surface area (Å²) in [6.45, 7) is 2.62. The fourth-order valence-corrected chi connectivity index (χ4v) is 2.55. The van der Waals surface area contributed by atoms with Crippen molar-refractivity contribution < 1.29 is 17.9 Å². The number of hydrogen-bond acceptors (Lipinski definition) is 2. The minimum absolute atomic E-state index is 0.0405. The van der Waals surface area contributed by atoms with Gasteiger partial charge in [0.05, 0.1) is 6.10 Å². The first-order chi connectivity index (χ1) is 9.01. The smallest absolute Gasteiger partial charge is 0.161 e. The van der Waals surface area contributed by atoms with Crippen LogP contribution in [0.2, 0.25) is 0 Å². The van der Waals surface area contributed by atoms with Gasteiger partial charge < -0.3 is 10.5 Å². The number of benzene rings is 1. The van der Waals surface area contributed by atoms with Crippen LogP contribution in [0, 0.1) is 23.4 Å². The summed E-state index contributed by atoms with van der Waals surface area (Å²) in [5.74, 6) is -2.67. The maximum absolute atomic E-state index is 13.5. The van der Waals surface area contributed by atoms with Gasteiger partial charge in [-0.15, -0.1) is 0 Å². The maximum Gasteiger partial charge on any atom is 0.161 e. The van der Waals surface area contributed by atoms with Crippen LogP contribution in [0.4, 0.5) is 13.2 Å². The zero-order valence-corrected chi connectivity index (χ0v) is 10.8. The van der Waals surface area contributed by atoms with Crippen LogP contribution in [-0.4, -0.2) is 12.7 Å². The average molecular weight is 273 g/mol. The first-order valence-corrected chi connectivity index (χ1v) is 6.52. The van der Waals surface area contributed by atoms with Crippen molar-refractivity contribution in [3.63, 3.8) is 0 Å². The highest BCUT2D eigenvalue weighted by atomic mass is 19.2. The van der Waals surface area contributed by atoms with Crippen LogP contribution in [0.5, 0.6) is 0 Å². The highest BCUT2D eigenvalue weighted by Gasteiger charge is 2.31. The Labute approximate surface area is 110 Å². The molecule has 1 fully saturated rings. The van der Waals surface area contributed by atoms with E-state index >= 15 is 0 Å². The Hall–Kier alpha value is -1.07. The fraction of sp³-hybridized carbons (Fsp3) is 0.571. The third-order valence-corrected chi connectivity index (χ3v) is 3.62. The van der Waals surface area contributed by atoms with Crippen molar-refractivity contribution in [1.82, 2.24) is 0 Å². The lowest BCUT2D eigenvalue weighted by atomic mass is 9.77. The summed E-state index contributed by atoms with van der Waals surface area (Å²) >= 11 is 0. The topological polar surface area (TPSA) is 35.2 Å². The number of nitrogens with two attached hydrogens (primary N) is 1. The average Bonchev–Trinajstić information content (AvgIpc) is 2.31. The van der Waals surface area contributed by atoms with E-state index in [-0.39, 0.29) is 11.7 Å². The predicted molar refractivity (Wildman–Crippen MR) is 66.0 cm³/mol. The molecule has 19 heavy (non-hydrogen) atoms. The molecule has 1 aromatic rings. The summed E-state index contributed by atoms with van der Waals surface area (Å²) in [7, 11) is 0. The summed E-state index contributed by atoms with van der Waals surface area (Å²) in [4.78, 5) is 0. The van der Waals surface area contributed by atoms with Gasteiger partial charge in [-0.25, -0.2) is 13.2 Å². The zero-order chi connectivity index (χ0) is 14.0. The number of rotatable bonds is 5. The van der Waals surface area contributed by atoms with Gasteiger partial charge in [0.1, 0.15) is 5.82 Å². The molecule has 5 heteroatoms.